The molecule has 0 radical (unpaired) electrons. The molecule has 0 spiro atoms. The van der Waals surface area contributed by atoms with E-state index in [1.165, 1.54) is 0 Å². The normalized spacial score (nSPS) is 19.6. The van der Waals surface area contributed by atoms with E-state index < -0.39 is 0 Å². The molecule has 1 aliphatic heterocycles. The highest BCUT2D eigenvalue weighted by molar-refractivity contribution is 6.17. The molecule has 2 nitrogen and oxygen atoms in total. The van der Waals surface area contributed by atoms with Gasteiger partial charge in [-0.25, -0.2) is 0 Å². The lowest BCUT2D eigenvalue weighted by Crippen LogP contribution is -2.30. The van der Waals surface area contributed by atoms with E-state index in [1.54, 1.807) is 0 Å². The Morgan fingerprint density at radius 3 is 2.82 bits per heavy atom. The molecule has 1 heterocycles. The van der Waals surface area contributed by atoms with Gasteiger partial charge < -0.3 is 4.90 Å². The molecule has 1 unspecified atom stereocenters. The Kier molecular flexibility index (Phi) is 4.43. The Morgan fingerprint density at radius 2 is 2.12 bits per heavy atom. The number of nitrogens with zero attached hydrogens (tertiary/aromatic N) is 1. The van der Waals surface area contributed by atoms with Crippen LogP contribution in [0.2, 0.25) is 0 Å². The summed E-state index contributed by atoms with van der Waals surface area (Å²) < 4.78 is 0. The van der Waals surface area contributed by atoms with E-state index in [-0.39, 0.29) is 5.91 Å². The second-order valence-corrected chi connectivity index (χ2v) is 5.01. The fourth-order valence-electron chi connectivity index (χ4n) is 2.33. The molecule has 0 N–H and O–H groups in total. The van der Waals surface area contributed by atoms with Crippen LogP contribution in [-0.4, -0.2) is 29.8 Å². The molecule has 0 aromatic heterocycles. The number of benzene rings is 1. The second kappa shape index (κ2) is 6.06. The Labute approximate surface area is 108 Å². The summed E-state index contributed by atoms with van der Waals surface area (Å²) in [5.41, 5.74) is 1.10. The first-order valence-electron chi connectivity index (χ1n) is 6.17. The maximum Gasteiger partial charge on any atom is 0.226 e. The molecule has 1 fully saturated rings. The first-order valence-corrected chi connectivity index (χ1v) is 6.70. The molecule has 0 bridgehead atoms. The summed E-state index contributed by atoms with van der Waals surface area (Å²) in [6.45, 7) is 1.78. The molecular weight excluding hydrogens is 234 g/mol. The van der Waals surface area contributed by atoms with Crippen molar-refractivity contribution in [3.05, 3.63) is 35.9 Å². The van der Waals surface area contributed by atoms with E-state index in [0.717, 1.165) is 31.5 Å². The third-order valence-electron chi connectivity index (χ3n) is 3.35. The molecule has 1 atom stereocenters. The van der Waals surface area contributed by atoms with Gasteiger partial charge in [0.1, 0.15) is 0 Å². The van der Waals surface area contributed by atoms with Gasteiger partial charge in [0.15, 0.2) is 0 Å². The predicted molar refractivity (Wildman–Crippen MR) is 70.2 cm³/mol. The Balaban J connectivity index is 1.85. The first kappa shape index (κ1) is 12.4. The lowest BCUT2D eigenvalue weighted by molar-refractivity contribution is -0.129. The third kappa shape index (κ3) is 3.47. The average molecular weight is 252 g/mol. The van der Waals surface area contributed by atoms with Crippen molar-refractivity contribution in [1.82, 2.24) is 4.90 Å². The predicted octanol–water partition coefficient (Wildman–Crippen LogP) is 2.71. The number of hydrogen-bond donors (Lipinski definition) is 0. The van der Waals surface area contributed by atoms with E-state index in [1.807, 2.05) is 35.2 Å². The number of halogens is 1. The summed E-state index contributed by atoms with van der Waals surface area (Å²) in [7, 11) is 0. The van der Waals surface area contributed by atoms with E-state index in [9.17, 15) is 4.79 Å². The second-order valence-electron chi connectivity index (χ2n) is 4.63. The minimum absolute atomic E-state index is 0.244. The van der Waals surface area contributed by atoms with Gasteiger partial charge >= 0.3 is 0 Å². The summed E-state index contributed by atoms with van der Waals surface area (Å²) in [4.78, 5) is 14.0. The van der Waals surface area contributed by atoms with Crippen molar-refractivity contribution in [2.45, 2.75) is 19.3 Å². The van der Waals surface area contributed by atoms with Crippen LogP contribution in [-0.2, 0) is 11.2 Å². The van der Waals surface area contributed by atoms with Crippen LogP contribution in [0.15, 0.2) is 30.3 Å². The number of likely N-dealkylation sites (tertiary alicyclic amines) is 1. The minimum Gasteiger partial charge on any atom is -0.342 e. The molecule has 0 saturated carbocycles. The van der Waals surface area contributed by atoms with Crippen LogP contribution in [0.25, 0.3) is 0 Å². The molecule has 0 aliphatic carbocycles. The maximum atomic E-state index is 12.1. The zero-order valence-corrected chi connectivity index (χ0v) is 10.7. The summed E-state index contributed by atoms with van der Waals surface area (Å²) in [5, 5.41) is 0. The number of rotatable bonds is 4. The van der Waals surface area contributed by atoms with E-state index >= 15 is 0 Å². The monoisotopic (exact) mass is 251 g/mol. The van der Waals surface area contributed by atoms with Crippen molar-refractivity contribution in [3.63, 3.8) is 0 Å². The van der Waals surface area contributed by atoms with Crippen LogP contribution in [0.4, 0.5) is 0 Å². The van der Waals surface area contributed by atoms with Crippen LogP contribution in [0.1, 0.15) is 18.4 Å². The van der Waals surface area contributed by atoms with E-state index in [4.69, 9.17) is 11.6 Å². The van der Waals surface area contributed by atoms with Crippen molar-refractivity contribution in [1.29, 1.82) is 0 Å². The van der Waals surface area contributed by atoms with Crippen molar-refractivity contribution in [2.24, 2.45) is 5.92 Å². The van der Waals surface area contributed by atoms with Gasteiger partial charge in [-0.2, -0.15) is 0 Å². The minimum atomic E-state index is 0.244. The number of carbonyl (C=O) groups is 1. The van der Waals surface area contributed by atoms with Crippen molar-refractivity contribution in [2.75, 3.05) is 19.0 Å². The molecule has 1 aromatic carbocycles. The summed E-state index contributed by atoms with van der Waals surface area (Å²) in [6.07, 6.45) is 2.65. The number of amides is 1. The number of alkyl halides is 1. The van der Waals surface area contributed by atoms with Gasteiger partial charge in [-0.3, -0.25) is 4.79 Å². The topological polar surface area (TPSA) is 20.3 Å². The highest BCUT2D eigenvalue weighted by Crippen LogP contribution is 2.20. The molecule has 17 heavy (non-hydrogen) atoms. The van der Waals surface area contributed by atoms with E-state index in [0.29, 0.717) is 18.2 Å². The van der Waals surface area contributed by atoms with Gasteiger partial charge in [-0.1, -0.05) is 30.3 Å². The fraction of sp³-hybridized carbons (Fsp3) is 0.500. The molecule has 1 saturated heterocycles. The lowest BCUT2D eigenvalue weighted by atomic mass is 10.1. The molecule has 1 aromatic rings. The Morgan fingerprint density at radius 1 is 1.35 bits per heavy atom. The molecule has 2 rings (SSSR count). The van der Waals surface area contributed by atoms with Gasteiger partial charge in [0.05, 0.1) is 6.42 Å². The number of hydrogen-bond acceptors (Lipinski definition) is 1. The van der Waals surface area contributed by atoms with Crippen molar-refractivity contribution in [3.8, 4) is 0 Å². The fourth-order valence-corrected chi connectivity index (χ4v) is 2.64. The number of carbonyl (C=O) groups excluding carboxylic acids is 1. The highest BCUT2D eigenvalue weighted by atomic mass is 35.5. The molecule has 1 amide bonds. The smallest absolute Gasteiger partial charge is 0.226 e. The molecule has 92 valence electrons. The molecular formula is C14H18ClNO. The zero-order chi connectivity index (χ0) is 12.1. The van der Waals surface area contributed by atoms with Gasteiger partial charge in [0, 0.05) is 19.0 Å². The van der Waals surface area contributed by atoms with E-state index in [2.05, 4.69) is 0 Å². The first-order chi connectivity index (χ1) is 8.29. The largest absolute Gasteiger partial charge is 0.342 e. The van der Waals surface area contributed by atoms with Gasteiger partial charge in [-0.15, -0.1) is 11.6 Å². The SMILES string of the molecule is O=C(Cc1ccccc1)N1CCC(CCCl)C1. The molecule has 3 heteroatoms. The summed E-state index contributed by atoms with van der Waals surface area (Å²) >= 11 is 5.74. The van der Waals surface area contributed by atoms with Crippen LogP contribution in [0.3, 0.4) is 0 Å². The Bertz CT molecular complexity index is 366. The lowest BCUT2D eigenvalue weighted by Gasteiger charge is -2.16. The molecule has 1 aliphatic rings. The van der Waals surface area contributed by atoms with Gasteiger partial charge in [-0.05, 0) is 24.3 Å². The summed E-state index contributed by atoms with van der Waals surface area (Å²) in [6, 6.07) is 9.93. The maximum absolute atomic E-state index is 12.1. The van der Waals surface area contributed by atoms with Crippen LogP contribution < -0.4 is 0 Å². The Hall–Kier alpha value is -1.02. The van der Waals surface area contributed by atoms with Crippen LogP contribution in [0, 0.1) is 5.92 Å². The standard InChI is InChI=1S/C14H18ClNO/c15-8-6-13-7-9-16(11-13)14(17)10-12-4-2-1-3-5-12/h1-5,13H,6-11H2. The van der Waals surface area contributed by atoms with Crippen molar-refractivity contribution < 1.29 is 4.79 Å². The quantitative estimate of drug-likeness (QED) is 0.754. The van der Waals surface area contributed by atoms with Crippen LogP contribution in [0.5, 0.6) is 0 Å². The average Bonchev–Trinajstić information content (AvgIpc) is 2.79. The van der Waals surface area contributed by atoms with Crippen molar-refractivity contribution >= 4 is 17.5 Å². The van der Waals surface area contributed by atoms with Crippen LogP contribution >= 0.6 is 11.6 Å². The highest BCUT2D eigenvalue weighted by Gasteiger charge is 2.25. The summed E-state index contributed by atoms with van der Waals surface area (Å²) in [5.74, 6) is 1.55. The van der Waals surface area contributed by atoms with Gasteiger partial charge in [0.2, 0.25) is 5.91 Å². The zero-order valence-electron chi connectivity index (χ0n) is 9.94. The van der Waals surface area contributed by atoms with Gasteiger partial charge in [0.25, 0.3) is 0 Å². The third-order valence-corrected chi connectivity index (χ3v) is 3.57.